The summed E-state index contributed by atoms with van der Waals surface area (Å²) in [6.45, 7) is 0.219. The Hall–Kier alpha value is -2.18. The Morgan fingerprint density at radius 3 is 2.69 bits per heavy atom. The van der Waals surface area contributed by atoms with E-state index in [1.807, 2.05) is 5.32 Å². The summed E-state index contributed by atoms with van der Waals surface area (Å²) in [7, 11) is 0. The second-order valence-corrected chi connectivity index (χ2v) is 3.36. The molecule has 0 aromatic carbocycles. The molecule has 1 saturated heterocycles. The molecule has 1 aromatic heterocycles. The van der Waals surface area contributed by atoms with E-state index in [2.05, 4.69) is 9.97 Å². The van der Waals surface area contributed by atoms with E-state index in [-0.39, 0.29) is 6.54 Å². The fourth-order valence-electron chi connectivity index (χ4n) is 1.48. The van der Waals surface area contributed by atoms with Gasteiger partial charge in [-0.1, -0.05) is 0 Å². The molecule has 2 rings (SSSR count). The van der Waals surface area contributed by atoms with E-state index in [9.17, 15) is 14.4 Å². The van der Waals surface area contributed by atoms with Crippen molar-refractivity contribution < 1.29 is 14.4 Å². The van der Waals surface area contributed by atoms with Crippen LogP contribution < -0.4 is 5.32 Å². The second-order valence-electron chi connectivity index (χ2n) is 3.36. The molecule has 0 radical (unpaired) electrons. The van der Waals surface area contributed by atoms with Gasteiger partial charge in [0, 0.05) is 25.4 Å². The number of carbonyl (C=O) groups is 3. The summed E-state index contributed by atoms with van der Waals surface area (Å²) in [5.41, 5.74) is 0. The van der Waals surface area contributed by atoms with E-state index in [0.717, 1.165) is 10.7 Å². The zero-order valence-corrected chi connectivity index (χ0v) is 8.40. The van der Waals surface area contributed by atoms with Crippen LogP contribution >= 0.6 is 0 Å². The number of amides is 4. The van der Waals surface area contributed by atoms with Crippen LogP contribution in [0, 0.1) is 0 Å². The molecule has 7 nitrogen and oxygen atoms in total. The molecule has 0 saturated carbocycles. The van der Waals surface area contributed by atoms with Crippen molar-refractivity contribution in [1.82, 2.24) is 20.2 Å². The number of hydrogen-bond acceptors (Lipinski definition) is 4. The molecule has 4 amide bonds. The van der Waals surface area contributed by atoms with E-state index in [1.54, 1.807) is 12.4 Å². The third-order valence-corrected chi connectivity index (χ3v) is 2.26. The standard InChI is InChI=1S/C9H10N4O3/c14-7-8(15)13(9(16)12-7)5-1-2-6-10-3-4-11-6/h3-4H,1-2,5H2,(H,10,11)(H,12,14,16). The normalized spacial score (nSPS) is 15.8. The maximum atomic E-state index is 11.2. The minimum absolute atomic E-state index is 0.219. The molecule has 1 aromatic rings. The summed E-state index contributed by atoms with van der Waals surface area (Å²) >= 11 is 0. The third kappa shape index (κ3) is 1.92. The zero-order chi connectivity index (χ0) is 11.5. The Balaban J connectivity index is 1.84. The summed E-state index contributed by atoms with van der Waals surface area (Å²) in [6.07, 6.45) is 4.53. The van der Waals surface area contributed by atoms with Crippen LogP contribution in [0.25, 0.3) is 0 Å². The number of urea groups is 1. The molecule has 0 unspecified atom stereocenters. The summed E-state index contributed by atoms with van der Waals surface area (Å²) in [6, 6.07) is -0.644. The lowest BCUT2D eigenvalue weighted by molar-refractivity contribution is -0.140. The predicted molar refractivity (Wildman–Crippen MR) is 52.2 cm³/mol. The molecule has 2 heterocycles. The van der Waals surface area contributed by atoms with Crippen LogP contribution in [-0.2, 0) is 16.0 Å². The van der Waals surface area contributed by atoms with Crippen molar-refractivity contribution in [3.05, 3.63) is 18.2 Å². The van der Waals surface area contributed by atoms with Crippen molar-refractivity contribution in [3.8, 4) is 0 Å². The maximum Gasteiger partial charge on any atom is 0.331 e. The van der Waals surface area contributed by atoms with Crippen LogP contribution in [-0.4, -0.2) is 39.3 Å². The highest BCUT2D eigenvalue weighted by Crippen LogP contribution is 2.03. The molecular formula is C9H10N4O3. The highest BCUT2D eigenvalue weighted by atomic mass is 16.2. The molecule has 16 heavy (non-hydrogen) atoms. The van der Waals surface area contributed by atoms with E-state index < -0.39 is 17.8 Å². The summed E-state index contributed by atoms with van der Waals surface area (Å²) in [5.74, 6) is -0.856. The van der Waals surface area contributed by atoms with Gasteiger partial charge in [0.2, 0.25) is 0 Å². The van der Waals surface area contributed by atoms with Crippen LogP contribution in [0.15, 0.2) is 12.4 Å². The van der Waals surface area contributed by atoms with Gasteiger partial charge in [0.15, 0.2) is 0 Å². The minimum Gasteiger partial charge on any atom is -0.349 e. The molecule has 0 aliphatic carbocycles. The molecule has 0 bridgehead atoms. The monoisotopic (exact) mass is 222 g/mol. The van der Waals surface area contributed by atoms with Gasteiger partial charge in [0.25, 0.3) is 0 Å². The van der Waals surface area contributed by atoms with Gasteiger partial charge in [-0.05, 0) is 6.42 Å². The molecule has 2 N–H and O–H groups in total. The molecule has 84 valence electrons. The van der Waals surface area contributed by atoms with E-state index in [4.69, 9.17) is 0 Å². The van der Waals surface area contributed by atoms with Gasteiger partial charge in [-0.3, -0.25) is 19.8 Å². The van der Waals surface area contributed by atoms with Crippen molar-refractivity contribution in [2.75, 3.05) is 6.54 Å². The van der Waals surface area contributed by atoms with Crippen LogP contribution in [0.3, 0.4) is 0 Å². The average Bonchev–Trinajstić information content (AvgIpc) is 2.82. The first-order chi connectivity index (χ1) is 7.68. The summed E-state index contributed by atoms with van der Waals surface area (Å²) < 4.78 is 0. The first-order valence-corrected chi connectivity index (χ1v) is 4.83. The third-order valence-electron chi connectivity index (χ3n) is 2.26. The lowest BCUT2D eigenvalue weighted by atomic mass is 10.3. The number of aromatic nitrogens is 2. The van der Waals surface area contributed by atoms with Gasteiger partial charge < -0.3 is 4.98 Å². The quantitative estimate of drug-likeness (QED) is 0.526. The highest BCUT2D eigenvalue weighted by Gasteiger charge is 2.36. The van der Waals surface area contributed by atoms with Crippen LogP contribution in [0.4, 0.5) is 4.79 Å². The topological polar surface area (TPSA) is 95.2 Å². The number of imide groups is 2. The Morgan fingerprint density at radius 1 is 1.31 bits per heavy atom. The number of imidazole rings is 1. The van der Waals surface area contributed by atoms with Crippen LogP contribution in [0.5, 0.6) is 0 Å². The second kappa shape index (κ2) is 4.13. The van der Waals surface area contributed by atoms with Gasteiger partial charge in [-0.2, -0.15) is 0 Å². The number of nitrogens with zero attached hydrogens (tertiary/aromatic N) is 2. The number of aryl methyl sites for hydroxylation is 1. The maximum absolute atomic E-state index is 11.2. The lowest BCUT2D eigenvalue weighted by Crippen LogP contribution is -2.32. The summed E-state index contributed by atoms with van der Waals surface area (Å²) in [5, 5.41) is 1.94. The molecule has 7 heteroatoms. The SMILES string of the molecule is O=C1NC(=O)N(CCCc2ncc[nH]2)C1=O. The number of nitrogens with one attached hydrogen (secondary N) is 2. The fourth-order valence-corrected chi connectivity index (χ4v) is 1.48. The first kappa shape index (κ1) is 10.3. The Kier molecular flexibility index (Phi) is 2.67. The average molecular weight is 222 g/mol. The number of aromatic amines is 1. The molecule has 1 aliphatic heterocycles. The van der Waals surface area contributed by atoms with Gasteiger partial charge in [0.05, 0.1) is 0 Å². The fraction of sp³-hybridized carbons (Fsp3) is 0.333. The highest BCUT2D eigenvalue weighted by molar-refractivity contribution is 6.44. The van der Waals surface area contributed by atoms with Crippen LogP contribution in [0.2, 0.25) is 0 Å². The van der Waals surface area contributed by atoms with Crippen LogP contribution in [0.1, 0.15) is 12.2 Å². The molecule has 0 spiro atoms. The molecular weight excluding hydrogens is 212 g/mol. The van der Waals surface area contributed by atoms with Crippen molar-refractivity contribution in [2.45, 2.75) is 12.8 Å². The Labute approximate surface area is 90.8 Å². The number of carbonyl (C=O) groups excluding carboxylic acids is 3. The Morgan fingerprint density at radius 2 is 2.12 bits per heavy atom. The van der Waals surface area contributed by atoms with Crippen molar-refractivity contribution in [2.24, 2.45) is 0 Å². The smallest absolute Gasteiger partial charge is 0.331 e. The van der Waals surface area contributed by atoms with E-state index in [0.29, 0.717) is 12.8 Å². The minimum atomic E-state index is -0.858. The number of H-pyrrole nitrogens is 1. The molecule has 1 aliphatic rings. The van der Waals surface area contributed by atoms with E-state index >= 15 is 0 Å². The molecule has 1 fully saturated rings. The Bertz CT molecular complexity index is 426. The van der Waals surface area contributed by atoms with Crippen molar-refractivity contribution in [3.63, 3.8) is 0 Å². The lowest BCUT2D eigenvalue weighted by Gasteiger charge is -2.09. The summed E-state index contributed by atoms with van der Waals surface area (Å²) in [4.78, 5) is 41.0. The number of rotatable bonds is 4. The van der Waals surface area contributed by atoms with Gasteiger partial charge in [0.1, 0.15) is 5.82 Å². The van der Waals surface area contributed by atoms with E-state index in [1.165, 1.54) is 0 Å². The zero-order valence-electron chi connectivity index (χ0n) is 8.40. The molecule has 0 atom stereocenters. The van der Waals surface area contributed by atoms with Gasteiger partial charge >= 0.3 is 17.8 Å². The van der Waals surface area contributed by atoms with Crippen molar-refractivity contribution >= 4 is 17.8 Å². The first-order valence-electron chi connectivity index (χ1n) is 4.83. The predicted octanol–water partition coefficient (Wildman–Crippen LogP) is -0.579. The van der Waals surface area contributed by atoms with Gasteiger partial charge in [-0.15, -0.1) is 0 Å². The van der Waals surface area contributed by atoms with Crippen molar-refractivity contribution in [1.29, 1.82) is 0 Å². The number of hydrogen-bond donors (Lipinski definition) is 2. The largest absolute Gasteiger partial charge is 0.349 e. The van der Waals surface area contributed by atoms with Gasteiger partial charge in [-0.25, -0.2) is 9.78 Å².